The maximum Gasteiger partial charge on any atom is 0.234 e. The molecule has 154 valence electrons. The zero-order valence-electron chi connectivity index (χ0n) is 17.2. The van der Waals surface area contributed by atoms with Crippen molar-refractivity contribution in [3.63, 3.8) is 0 Å². The van der Waals surface area contributed by atoms with E-state index in [1.54, 1.807) is 16.0 Å². The van der Waals surface area contributed by atoms with E-state index >= 15 is 0 Å². The molecule has 1 N–H and O–H groups in total. The molecule has 0 bridgehead atoms. The van der Waals surface area contributed by atoms with E-state index in [0.717, 1.165) is 21.8 Å². The van der Waals surface area contributed by atoms with Gasteiger partial charge >= 0.3 is 0 Å². The number of nitrogens with zero attached hydrogens (tertiary/aromatic N) is 5. The van der Waals surface area contributed by atoms with Crippen LogP contribution in [0.25, 0.3) is 20.8 Å². The van der Waals surface area contributed by atoms with Gasteiger partial charge in [0.2, 0.25) is 11.1 Å². The molecule has 0 unspecified atom stereocenters. The number of fused-ring (bicyclic) bond motifs is 1. The molecule has 7 nitrogen and oxygen atoms in total. The Morgan fingerprint density at radius 2 is 1.93 bits per heavy atom. The lowest BCUT2D eigenvalue weighted by molar-refractivity contribution is -0.113. The minimum absolute atomic E-state index is 0.105. The van der Waals surface area contributed by atoms with E-state index in [1.165, 1.54) is 22.0 Å². The monoisotopic (exact) mass is 438 g/mol. The Labute approximate surface area is 182 Å². The summed E-state index contributed by atoms with van der Waals surface area (Å²) >= 11 is 2.99. The first-order valence-electron chi connectivity index (χ1n) is 9.49. The number of anilines is 1. The van der Waals surface area contributed by atoms with Crippen molar-refractivity contribution in [3.05, 3.63) is 48.0 Å². The van der Waals surface area contributed by atoms with Gasteiger partial charge in [0.25, 0.3) is 0 Å². The smallest absolute Gasteiger partial charge is 0.234 e. The largest absolute Gasteiger partial charge is 0.325 e. The van der Waals surface area contributed by atoms with Crippen LogP contribution in [-0.4, -0.2) is 36.9 Å². The molecule has 0 aliphatic carbocycles. The van der Waals surface area contributed by atoms with Gasteiger partial charge in [0.1, 0.15) is 5.01 Å². The Balaban J connectivity index is 1.39. The molecule has 1 amide bonds. The summed E-state index contributed by atoms with van der Waals surface area (Å²) in [5.41, 5.74) is 3.78. The van der Waals surface area contributed by atoms with E-state index in [1.807, 2.05) is 51.1 Å². The highest BCUT2D eigenvalue weighted by Gasteiger charge is 2.20. The van der Waals surface area contributed by atoms with E-state index in [2.05, 4.69) is 39.9 Å². The van der Waals surface area contributed by atoms with Crippen LogP contribution in [0.1, 0.15) is 26.3 Å². The molecular weight excluding hydrogens is 416 g/mol. The Morgan fingerprint density at radius 1 is 1.17 bits per heavy atom. The molecule has 0 atom stereocenters. The summed E-state index contributed by atoms with van der Waals surface area (Å²) in [4.78, 5) is 17.1. The third-order valence-corrected chi connectivity index (χ3v) is 6.35. The number of benzene rings is 2. The molecule has 2 aromatic carbocycles. The number of hydrogen-bond acceptors (Lipinski definition) is 7. The number of nitrogens with one attached hydrogen (secondary N) is 1. The first-order valence-corrected chi connectivity index (χ1v) is 11.3. The third kappa shape index (κ3) is 4.52. The number of amides is 1. The van der Waals surface area contributed by atoms with Gasteiger partial charge in [0.05, 0.1) is 21.5 Å². The van der Waals surface area contributed by atoms with E-state index < -0.39 is 0 Å². The van der Waals surface area contributed by atoms with Gasteiger partial charge in [-0.15, -0.1) is 16.4 Å². The lowest BCUT2D eigenvalue weighted by Gasteiger charge is -2.19. The Bertz CT molecular complexity index is 1190. The van der Waals surface area contributed by atoms with Gasteiger partial charge in [-0.1, -0.05) is 17.8 Å². The SMILES string of the molecule is Cc1ccc2nc(-c3ccc(NC(=O)CSc4nnnn4C(C)(C)C)cc3)sc2c1. The first kappa shape index (κ1) is 20.5. The summed E-state index contributed by atoms with van der Waals surface area (Å²) in [6.07, 6.45) is 0. The Kier molecular flexibility index (Phi) is 5.57. The van der Waals surface area contributed by atoms with Crippen LogP contribution in [0, 0.1) is 6.92 Å². The number of aryl methyl sites for hydroxylation is 1. The minimum atomic E-state index is -0.239. The zero-order valence-corrected chi connectivity index (χ0v) is 18.8. The molecule has 0 fully saturated rings. The highest BCUT2D eigenvalue weighted by Crippen LogP contribution is 2.31. The molecule has 0 aliphatic rings. The molecule has 9 heteroatoms. The van der Waals surface area contributed by atoms with Gasteiger partial charge in [0, 0.05) is 11.3 Å². The molecule has 0 spiro atoms. The lowest BCUT2D eigenvalue weighted by Crippen LogP contribution is -2.24. The predicted octanol–water partition coefficient (Wildman–Crippen LogP) is 4.74. The lowest BCUT2D eigenvalue weighted by atomic mass is 10.1. The first-order chi connectivity index (χ1) is 14.3. The Morgan fingerprint density at radius 3 is 2.67 bits per heavy atom. The molecule has 0 saturated heterocycles. The van der Waals surface area contributed by atoms with Crippen LogP contribution in [0.2, 0.25) is 0 Å². The quantitative estimate of drug-likeness (QED) is 0.453. The molecule has 30 heavy (non-hydrogen) atoms. The average Bonchev–Trinajstić information content (AvgIpc) is 3.33. The highest BCUT2D eigenvalue weighted by atomic mass is 32.2. The van der Waals surface area contributed by atoms with Crippen LogP contribution in [0.15, 0.2) is 47.6 Å². The maximum atomic E-state index is 12.4. The van der Waals surface area contributed by atoms with E-state index in [0.29, 0.717) is 5.16 Å². The fourth-order valence-corrected chi connectivity index (χ4v) is 4.80. The van der Waals surface area contributed by atoms with Gasteiger partial charge in [0.15, 0.2) is 0 Å². The van der Waals surface area contributed by atoms with Crippen molar-refractivity contribution in [1.29, 1.82) is 0 Å². The van der Waals surface area contributed by atoms with Crippen molar-refractivity contribution in [3.8, 4) is 10.6 Å². The van der Waals surface area contributed by atoms with Crippen molar-refractivity contribution in [2.24, 2.45) is 0 Å². The van der Waals surface area contributed by atoms with Crippen LogP contribution < -0.4 is 5.32 Å². The van der Waals surface area contributed by atoms with Gasteiger partial charge in [-0.25, -0.2) is 9.67 Å². The predicted molar refractivity (Wildman–Crippen MR) is 122 cm³/mol. The van der Waals surface area contributed by atoms with Crippen molar-refractivity contribution in [2.45, 2.75) is 38.4 Å². The van der Waals surface area contributed by atoms with E-state index in [-0.39, 0.29) is 17.2 Å². The molecule has 0 radical (unpaired) electrons. The minimum Gasteiger partial charge on any atom is -0.325 e. The molecule has 4 rings (SSSR count). The number of thiazole rings is 1. The fraction of sp³-hybridized carbons (Fsp3) is 0.286. The maximum absolute atomic E-state index is 12.4. The van der Waals surface area contributed by atoms with Crippen LogP contribution in [0.5, 0.6) is 0 Å². The number of tetrazole rings is 1. The van der Waals surface area contributed by atoms with Crippen molar-refractivity contribution in [2.75, 3.05) is 11.1 Å². The second kappa shape index (κ2) is 8.16. The molecule has 0 saturated carbocycles. The summed E-state index contributed by atoms with van der Waals surface area (Å²) in [6.45, 7) is 8.13. The fourth-order valence-electron chi connectivity index (χ4n) is 2.87. The number of carbonyl (C=O) groups excluding carboxylic acids is 1. The van der Waals surface area contributed by atoms with Crippen molar-refractivity contribution >= 4 is 44.9 Å². The molecule has 4 aromatic rings. The molecule has 2 heterocycles. The van der Waals surface area contributed by atoms with Gasteiger partial charge in [-0.3, -0.25) is 4.79 Å². The standard InChI is InChI=1S/C21H22N6OS2/c1-13-5-10-16-17(11-13)30-19(23-16)14-6-8-15(9-7-14)22-18(28)12-29-20-24-25-26-27(20)21(2,3)4/h5-11H,12H2,1-4H3,(H,22,28). The highest BCUT2D eigenvalue weighted by molar-refractivity contribution is 7.99. The topological polar surface area (TPSA) is 85.6 Å². The normalized spacial score (nSPS) is 11.7. The Hall–Kier alpha value is -2.78. The summed E-state index contributed by atoms with van der Waals surface area (Å²) in [7, 11) is 0. The van der Waals surface area contributed by atoms with Crippen LogP contribution in [-0.2, 0) is 10.3 Å². The molecule has 2 aromatic heterocycles. The summed E-state index contributed by atoms with van der Waals surface area (Å²) < 4.78 is 2.90. The molecule has 0 aliphatic heterocycles. The van der Waals surface area contributed by atoms with Crippen LogP contribution in [0.3, 0.4) is 0 Å². The van der Waals surface area contributed by atoms with Gasteiger partial charge in [-0.2, -0.15) is 0 Å². The number of thioether (sulfide) groups is 1. The second-order valence-electron chi connectivity index (χ2n) is 7.95. The summed E-state index contributed by atoms with van der Waals surface area (Å²) in [5.74, 6) is 0.127. The van der Waals surface area contributed by atoms with E-state index in [9.17, 15) is 4.79 Å². The van der Waals surface area contributed by atoms with E-state index in [4.69, 9.17) is 4.98 Å². The van der Waals surface area contributed by atoms with Gasteiger partial charge in [-0.05, 0) is 80.1 Å². The van der Waals surface area contributed by atoms with Crippen molar-refractivity contribution < 1.29 is 4.79 Å². The van der Waals surface area contributed by atoms with Crippen molar-refractivity contribution in [1.82, 2.24) is 25.2 Å². The number of aromatic nitrogens is 5. The molecular formula is C21H22N6OS2. The summed E-state index contributed by atoms with van der Waals surface area (Å²) in [5, 5.41) is 16.2. The second-order valence-corrected chi connectivity index (χ2v) is 9.92. The zero-order chi connectivity index (χ0) is 21.3. The number of rotatable bonds is 5. The number of carbonyl (C=O) groups is 1. The third-order valence-electron chi connectivity index (χ3n) is 4.37. The average molecular weight is 439 g/mol. The van der Waals surface area contributed by atoms with Crippen LogP contribution >= 0.6 is 23.1 Å². The van der Waals surface area contributed by atoms with Gasteiger partial charge < -0.3 is 5.32 Å². The summed E-state index contributed by atoms with van der Waals surface area (Å²) in [6, 6.07) is 14.0. The number of hydrogen-bond donors (Lipinski definition) is 1. The van der Waals surface area contributed by atoms with Crippen LogP contribution in [0.4, 0.5) is 5.69 Å².